The van der Waals surface area contributed by atoms with Gasteiger partial charge < -0.3 is 19.9 Å². The van der Waals surface area contributed by atoms with Crippen LogP contribution in [0.25, 0.3) is 0 Å². The van der Waals surface area contributed by atoms with Gasteiger partial charge in [-0.3, -0.25) is 4.90 Å². The van der Waals surface area contributed by atoms with Crippen LogP contribution in [0.1, 0.15) is 67.7 Å². The lowest BCUT2D eigenvalue weighted by atomic mass is 9.79. The van der Waals surface area contributed by atoms with E-state index in [1.807, 2.05) is 18.2 Å². The van der Waals surface area contributed by atoms with E-state index in [4.69, 9.17) is 9.47 Å². The van der Waals surface area contributed by atoms with E-state index in [2.05, 4.69) is 42.3 Å². The first-order chi connectivity index (χ1) is 19.8. The minimum atomic E-state index is -0.282. The Morgan fingerprint density at radius 3 is 2.76 bits per heavy atom. The van der Waals surface area contributed by atoms with E-state index in [0.717, 1.165) is 75.3 Å². The number of nitrogens with zero attached hydrogens (tertiary/aromatic N) is 1. The minimum absolute atomic E-state index is 0.282. The van der Waals surface area contributed by atoms with E-state index in [9.17, 15) is 9.50 Å². The largest absolute Gasteiger partial charge is 0.508 e. The fraction of sp³-hybridized carbons (Fsp3) is 0.486. The predicted molar refractivity (Wildman–Crippen MR) is 164 cm³/mol. The summed E-state index contributed by atoms with van der Waals surface area (Å²) in [5.74, 6) is 1.64. The monoisotopic (exact) mass is 560 g/mol. The molecule has 1 unspecified atom stereocenters. The van der Waals surface area contributed by atoms with Crippen molar-refractivity contribution >= 4 is 5.69 Å². The summed E-state index contributed by atoms with van der Waals surface area (Å²) in [6.07, 6.45) is 7.10. The highest BCUT2D eigenvalue weighted by Crippen LogP contribution is 2.38. The van der Waals surface area contributed by atoms with E-state index in [1.54, 1.807) is 25.3 Å². The fourth-order valence-electron chi connectivity index (χ4n) is 6.53. The van der Waals surface area contributed by atoms with Gasteiger partial charge in [-0.1, -0.05) is 32.0 Å². The standard InChI is InChI=1S/C35H45FN2O3/c1-35(2)15-5-17-38(24-35)18-19-41-34-14-7-25(20-32(34)36)6-4-16-37-33-23-30(40-3)12-13-31(33)28-9-8-27-22-29(39)11-10-26(27)21-28/h7,10-14,20,22-23,28,37,39H,4-6,8-9,15-19,21,24H2,1-3H3. The smallest absolute Gasteiger partial charge is 0.165 e. The number of piperidine rings is 1. The number of aryl methyl sites for hydroxylation is 2. The number of hydrogen-bond acceptors (Lipinski definition) is 5. The Morgan fingerprint density at radius 1 is 1.07 bits per heavy atom. The average molecular weight is 561 g/mol. The Kier molecular flexibility index (Phi) is 9.39. The van der Waals surface area contributed by atoms with Crippen LogP contribution >= 0.6 is 0 Å². The van der Waals surface area contributed by atoms with Crippen LogP contribution < -0.4 is 14.8 Å². The SMILES string of the molecule is COc1ccc(C2CCc3cc(O)ccc3C2)c(NCCCc2ccc(OCCN3CCCC(C)(C)C3)c(F)c2)c1. The summed E-state index contributed by atoms with van der Waals surface area (Å²) in [6, 6.07) is 17.4. The van der Waals surface area contributed by atoms with Crippen molar-refractivity contribution in [1.82, 2.24) is 4.90 Å². The van der Waals surface area contributed by atoms with Gasteiger partial charge in [-0.05, 0) is 115 Å². The van der Waals surface area contributed by atoms with Crippen LogP contribution in [0.3, 0.4) is 0 Å². The molecule has 1 aliphatic carbocycles. The van der Waals surface area contributed by atoms with Gasteiger partial charge >= 0.3 is 0 Å². The van der Waals surface area contributed by atoms with Crippen molar-refractivity contribution in [3.05, 3.63) is 82.7 Å². The highest BCUT2D eigenvalue weighted by Gasteiger charge is 2.26. The van der Waals surface area contributed by atoms with E-state index >= 15 is 0 Å². The number of ether oxygens (including phenoxy) is 2. The molecule has 2 aliphatic rings. The quantitative estimate of drug-likeness (QED) is 0.240. The second kappa shape index (κ2) is 13.2. The number of nitrogens with one attached hydrogen (secondary N) is 1. The summed E-state index contributed by atoms with van der Waals surface area (Å²) in [4.78, 5) is 2.43. The molecule has 0 bridgehead atoms. The number of likely N-dealkylation sites (tertiary alicyclic amines) is 1. The number of benzene rings is 3. The number of anilines is 1. The molecule has 3 aromatic rings. The number of halogens is 1. The minimum Gasteiger partial charge on any atom is -0.508 e. The van der Waals surface area contributed by atoms with E-state index in [0.29, 0.717) is 29.4 Å². The first-order valence-corrected chi connectivity index (χ1v) is 15.2. The Bertz CT molecular complexity index is 1320. The van der Waals surface area contributed by atoms with Gasteiger partial charge in [0.2, 0.25) is 0 Å². The Balaban J connectivity index is 1.12. The summed E-state index contributed by atoms with van der Waals surface area (Å²) in [5, 5.41) is 13.5. The van der Waals surface area contributed by atoms with Crippen LogP contribution in [0.4, 0.5) is 10.1 Å². The zero-order valence-corrected chi connectivity index (χ0v) is 24.8. The lowest BCUT2D eigenvalue weighted by Crippen LogP contribution is -2.41. The van der Waals surface area contributed by atoms with Crippen LogP contribution in [0.2, 0.25) is 0 Å². The maximum Gasteiger partial charge on any atom is 0.165 e. The summed E-state index contributed by atoms with van der Waals surface area (Å²) in [7, 11) is 1.69. The van der Waals surface area contributed by atoms with E-state index in [-0.39, 0.29) is 5.82 Å². The van der Waals surface area contributed by atoms with E-state index in [1.165, 1.54) is 29.5 Å². The maximum absolute atomic E-state index is 14.8. The maximum atomic E-state index is 14.8. The molecule has 1 aliphatic heterocycles. The van der Waals surface area contributed by atoms with Crippen molar-refractivity contribution in [3.8, 4) is 17.2 Å². The summed E-state index contributed by atoms with van der Waals surface area (Å²) >= 11 is 0. The molecule has 41 heavy (non-hydrogen) atoms. The highest BCUT2D eigenvalue weighted by atomic mass is 19.1. The van der Waals surface area contributed by atoms with Crippen molar-refractivity contribution in [2.24, 2.45) is 5.41 Å². The van der Waals surface area contributed by atoms with Gasteiger partial charge in [-0.15, -0.1) is 0 Å². The number of methoxy groups -OCH3 is 1. The van der Waals surface area contributed by atoms with Gasteiger partial charge in [0.25, 0.3) is 0 Å². The molecule has 1 heterocycles. The molecule has 3 aromatic carbocycles. The van der Waals surface area contributed by atoms with Crippen LogP contribution in [0.5, 0.6) is 17.2 Å². The van der Waals surface area contributed by atoms with Crippen molar-refractivity contribution in [2.75, 3.05) is 45.2 Å². The molecule has 1 saturated heterocycles. The van der Waals surface area contributed by atoms with Crippen LogP contribution in [0.15, 0.2) is 54.6 Å². The first kappa shape index (κ1) is 29.2. The number of aromatic hydroxyl groups is 1. The van der Waals surface area contributed by atoms with E-state index < -0.39 is 0 Å². The molecule has 0 radical (unpaired) electrons. The molecule has 1 fully saturated rings. The molecular weight excluding hydrogens is 515 g/mol. The summed E-state index contributed by atoms with van der Waals surface area (Å²) < 4.78 is 26.1. The molecule has 5 rings (SSSR count). The topological polar surface area (TPSA) is 54.0 Å². The van der Waals surface area contributed by atoms with Gasteiger partial charge in [0.1, 0.15) is 18.1 Å². The van der Waals surface area contributed by atoms with Crippen LogP contribution in [-0.2, 0) is 19.3 Å². The molecule has 5 nitrogen and oxygen atoms in total. The molecule has 0 amide bonds. The number of fused-ring (bicyclic) bond motifs is 1. The van der Waals surface area contributed by atoms with Crippen molar-refractivity contribution < 1.29 is 19.0 Å². The number of hydrogen-bond donors (Lipinski definition) is 2. The highest BCUT2D eigenvalue weighted by molar-refractivity contribution is 5.57. The lowest BCUT2D eigenvalue weighted by molar-refractivity contribution is 0.101. The van der Waals surface area contributed by atoms with Crippen molar-refractivity contribution in [3.63, 3.8) is 0 Å². The zero-order valence-electron chi connectivity index (χ0n) is 24.8. The molecule has 2 N–H and O–H groups in total. The van der Waals surface area contributed by atoms with Crippen LogP contribution in [0, 0.1) is 11.2 Å². The molecule has 1 atom stereocenters. The van der Waals surface area contributed by atoms with Gasteiger partial charge in [-0.2, -0.15) is 0 Å². The average Bonchev–Trinajstić information content (AvgIpc) is 2.95. The van der Waals surface area contributed by atoms with Crippen molar-refractivity contribution in [1.29, 1.82) is 0 Å². The number of rotatable bonds is 11. The van der Waals surface area contributed by atoms with Gasteiger partial charge in [0, 0.05) is 31.4 Å². The second-order valence-electron chi connectivity index (χ2n) is 12.5. The van der Waals surface area contributed by atoms with Crippen molar-refractivity contribution in [2.45, 2.75) is 64.7 Å². The van der Waals surface area contributed by atoms with Crippen LogP contribution in [-0.4, -0.2) is 49.9 Å². The third kappa shape index (κ3) is 7.73. The Hall–Kier alpha value is -3.25. The summed E-state index contributed by atoms with van der Waals surface area (Å²) in [6.45, 7) is 8.92. The molecule has 0 aromatic heterocycles. The Morgan fingerprint density at radius 2 is 1.95 bits per heavy atom. The second-order valence-corrected chi connectivity index (χ2v) is 12.5. The molecule has 0 spiro atoms. The molecule has 6 heteroatoms. The third-order valence-corrected chi connectivity index (χ3v) is 8.72. The lowest BCUT2D eigenvalue weighted by Gasteiger charge is -2.37. The van der Waals surface area contributed by atoms with Gasteiger partial charge in [0.05, 0.1) is 7.11 Å². The normalized spacial score (nSPS) is 18.5. The first-order valence-electron chi connectivity index (χ1n) is 15.2. The molecular formula is C35H45FN2O3. The molecule has 220 valence electrons. The summed E-state index contributed by atoms with van der Waals surface area (Å²) in [5.41, 5.74) is 6.29. The number of phenolic OH excluding ortho intramolecular Hbond substituents is 1. The van der Waals surface area contributed by atoms with Gasteiger partial charge in [-0.25, -0.2) is 4.39 Å². The predicted octanol–water partition coefficient (Wildman–Crippen LogP) is 7.36. The number of phenols is 1. The Labute approximate surface area is 244 Å². The zero-order chi connectivity index (χ0) is 28.8. The molecule has 0 saturated carbocycles. The van der Waals surface area contributed by atoms with Gasteiger partial charge in [0.15, 0.2) is 11.6 Å². The fourth-order valence-corrected chi connectivity index (χ4v) is 6.53. The third-order valence-electron chi connectivity index (χ3n) is 8.72.